The molecule has 1 amide bonds. The van der Waals surface area contributed by atoms with Gasteiger partial charge in [0.1, 0.15) is 6.04 Å². The van der Waals surface area contributed by atoms with Gasteiger partial charge in [-0.3, -0.25) is 4.79 Å². The number of alkyl halides is 3. The lowest BCUT2D eigenvalue weighted by Crippen LogP contribution is -2.41. The maximum Gasteiger partial charge on any atom is 0.416 e. The SMILES string of the molecule is CCOC(=O)/C=C/C[C@@H](NC(=O)Cc1cccc(C(F)(F)F)c1)C(=O)O. The molecule has 142 valence electrons. The zero-order valence-electron chi connectivity index (χ0n) is 13.9. The smallest absolute Gasteiger partial charge is 0.416 e. The number of amides is 1. The van der Waals surface area contributed by atoms with Gasteiger partial charge in [-0.05, 0) is 25.0 Å². The van der Waals surface area contributed by atoms with Crippen LogP contribution in [0.5, 0.6) is 0 Å². The Morgan fingerprint density at radius 1 is 1.31 bits per heavy atom. The fourth-order valence-corrected chi connectivity index (χ4v) is 2.00. The first kappa shape index (κ1) is 21.2. The molecule has 0 fully saturated rings. The van der Waals surface area contributed by atoms with E-state index >= 15 is 0 Å². The fourth-order valence-electron chi connectivity index (χ4n) is 2.00. The molecule has 1 rings (SSSR count). The van der Waals surface area contributed by atoms with Crippen molar-refractivity contribution in [1.82, 2.24) is 5.32 Å². The summed E-state index contributed by atoms with van der Waals surface area (Å²) in [6.07, 6.45) is -2.84. The maximum atomic E-state index is 12.7. The molecule has 0 saturated carbocycles. The first-order chi connectivity index (χ1) is 12.1. The molecule has 0 spiro atoms. The number of aliphatic carboxylic acids is 1. The van der Waals surface area contributed by atoms with Crippen molar-refractivity contribution in [3.63, 3.8) is 0 Å². The first-order valence-corrected chi connectivity index (χ1v) is 7.65. The van der Waals surface area contributed by atoms with E-state index in [1.165, 1.54) is 18.2 Å². The Kier molecular flexibility index (Phi) is 7.82. The number of carbonyl (C=O) groups excluding carboxylic acids is 2. The van der Waals surface area contributed by atoms with Gasteiger partial charge in [-0.1, -0.05) is 24.3 Å². The van der Waals surface area contributed by atoms with E-state index in [1.807, 2.05) is 0 Å². The molecule has 1 atom stereocenters. The van der Waals surface area contributed by atoms with Crippen molar-refractivity contribution in [2.45, 2.75) is 32.0 Å². The second-order valence-corrected chi connectivity index (χ2v) is 5.22. The minimum atomic E-state index is -4.53. The van der Waals surface area contributed by atoms with Gasteiger partial charge in [0.25, 0.3) is 0 Å². The molecule has 1 aromatic rings. The molecular weight excluding hydrogens is 355 g/mol. The molecule has 0 aliphatic carbocycles. The maximum absolute atomic E-state index is 12.7. The number of halogens is 3. The Bertz CT molecular complexity index is 685. The Morgan fingerprint density at radius 3 is 2.58 bits per heavy atom. The lowest BCUT2D eigenvalue weighted by molar-refractivity contribution is -0.141. The van der Waals surface area contributed by atoms with E-state index in [-0.39, 0.29) is 18.6 Å². The molecule has 1 aromatic carbocycles. The van der Waals surface area contributed by atoms with Gasteiger partial charge in [0.15, 0.2) is 0 Å². The number of nitrogens with one attached hydrogen (secondary N) is 1. The molecule has 0 radical (unpaired) electrons. The van der Waals surface area contributed by atoms with Crippen molar-refractivity contribution in [2.24, 2.45) is 0 Å². The molecule has 0 saturated heterocycles. The monoisotopic (exact) mass is 373 g/mol. The molecule has 6 nitrogen and oxygen atoms in total. The summed E-state index contributed by atoms with van der Waals surface area (Å²) < 4.78 is 42.6. The lowest BCUT2D eigenvalue weighted by atomic mass is 10.1. The minimum absolute atomic E-state index is 0.100. The molecule has 0 heterocycles. The van der Waals surface area contributed by atoms with E-state index in [0.717, 1.165) is 18.2 Å². The molecule has 0 aliphatic rings. The molecule has 26 heavy (non-hydrogen) atoms. The number of esters is 1. The van der Waals surface area contributed by atoms with Crippen LogP contribution in [-0.2, 0) is 31.7 Å². The summed E-state index contributed by atoms with van der Waals surface area (Å²) in [6, 6.07) is 2.89. The van der Waals surface area contributed by atoms with Gasteiger partial charge in [-0.15, -0.1) is 0 Å². The predicted octanol–water partition coefficient (Wildman–Crippen LogP) is 2.33. The summed E-state index contributed by atoms with van der Waals surface area (Å²) >= 11 is 0. The second kappa shape index (κ2) is 9.59. The van der Waals surface area contributed by atoms with Crippen molar-refractivity contribution in [2.75, 3.05) is 6.61 Å². The Balaban J connectivity index is 2.68. The third kappa shape index (κ3) is 7.37. The van der Waals surface area contributed by atoms with Gasteiger partial charge < -0.3 is 15.2 Å². The highest BCUT2D eigenvalue weighted by Gasteiger charge is 2.30. The molecule has 2 N–H and O–H groups in total. The summed E-state index contributed by atoms with van der Waals surface area (Å²) in [7, 11) is 0. The second-order valence-electron chi connectivity index (χ2n) is 5.22. The molecule has 0 bridgehead atoms. The van der Waals surface area contributed by atoms with E-state index in [1.54, 1.807) is 6.92 Å². The topological polar surface area (TPSA) is 92.7 Å². The number of hydrogen-bond acceptors (Lipinski definition) is 4. The number of rotatable bonds is 8. The normalized spacial score (nSPS) is 12.6. The van der Waals surface area contributed by atoms with Gasteiger partial charge in [0.2, 0.25) is 5.91 Å². The highest BCUT2D eigenvalue weighted by molar-refractivity contribution is 5.85. The standard InChI is InChI=1S/C17H18F3NO5/c1-2-26-15(23)8-4-7-13(16(24)25)21-14(22)10-11-5-3-6-12(9-11)17(18,19)20/h3-6,8-9,13H,2,7,10H2,1H3,(H,21,22)(H,24,25)/b8-4+/t13-/m1/s1. The predicted molar refractivity (Wildman–Crippen MR) is 85.1 cm³/mol. The van der Waals surface area contributed by atoms with Crippen LogP contribution >= 0.6 is 0 Å². The highest BCUT2D eigenvalue weighted by Crippen LogP contribution is 2.29. The van der Waals surface area contributed by atoms with Crippen LogP contribution in [0.1, 0.15) is 24.5 Å². The quantitative estimate of drug-likeness (QED) is 0.539. The minimum Gasteiger partial charge on any atom is -0.480 e. The summed E-state index contributed by atoms with van der Waals surface area (Å²) in [4.78, 5) is 34.2. The van der Waals surface area contributed by atoms with Crippen molar-refractivity contribution in [1.29, 1.82) is 0 Å². The fraction of sp³-hybridized carbons (Fsp3) is 0.353. The highest BCUT2D eigenvalue weighted by atomic mass is 19.4. The van der Waals surface area contributed by atoms with Gasteiger partial charge in [0, 0.05) is 6.08 Å². The molecule has 0 unspecified atom stereocenters. The summed E-state index contributed by atoms with van der Waals surface area (Å²) in [5.74, 6) is -2.73. The van der Waals surface area contributed by atoms with Gasteiger partial charge >= 0.3 is 18.1 Å². The van der Waals surface area contributed by atoms with Crippen LogP contribution < -0.4 is 5.32 Å². The lowest BCUT2D eigenvalue weighted by Gasteiger charge is -2.13. The number of hydrogen-bond donors (Lipinski definition) is 2. The number of ether oxygens (including phenoxy) is 1. The van der Waals surface area contributed by atoms with Crippen LogP contribution in [0, 0.1) is 0 Å². The van der Waals surface area contributed by atoms with E-state index in [2.05, 4.69) is 10.1 Å². The van der Waals surface area contributed by atoms with Gasteiger partial charge in [-0.2, -0.15) is 13.2 Å². The zero-order valence-corrected chi connectivity index (χ0v) is 13.9. The zero-order chi connectivity index (χ0) is 19.7. The molecular formula is C17H18F3NO5. The third-order valence-electron chi connectivity index (χ3n) is 3.16. The third-order valence-corrected chi connectivity index (χ3v) is 3.16. The van der Waals surface area contributed by atoms with Crippen LogP contribution in [0.25, 0.3) is 0 Å². The number of carboxylic acids is 1. The Labute approximate surface area is 147 Å². The van der Waals surface area contributed by atoms with Crippen LogP contribution in [0.3, 0.4) is 0 Å². The average molecular weight is 373 g/mol. The summed E-state index contributed by atoms with van der Waals surface area (Å²) in [6.45, 7) is 1.78. The van der Waals surface area contributed by atoms with Crippen molar-refractivity contribution >= 4 is 17.8 Å². The average Bonchev–Trinajstić information content (AvgIpc) is 2.53. The molecule has 0 aliphatic heterocycles. The van der Waals surface area contributed by atoms with Crippen LogP contribution in [-0.4, -0.2) is 35.6 Å². The van der Waals surface area contributed by atoms with Crippen LogP contribution in [0.4, 0.5) is 13.2 Å². The largest absolute Gasteiger partial charge is 0.480 e. The van der Waals surface area contributed by atoms with Crippen LogP contribution in [0.15, 0.2) is 36.4 Å². The van der Waals surface area contributed by atoms with Gasteiger partial charge in [-0.25, -0.2) is 9.59 Å². The first-order valence-electron chi connectivity index (χ1n) is 7.65. The Morgan fingerprint density at radius 2 is 2.00 bits per heavy atom. The molecule has 9 heteroatoms. The van der Waals surface area contributed by atoms with Crippen LogP contribution in [0.2, 0.25) is 0 Å². The number of carbonyl (C=O) groups is 3. The van der Waals surface area contributed by atoms with Gasteiger partial charge in [0.05, 0.1) is 18.6 Å². The van der Waals surface area contributed by atoms with Crippen molar-refractivity contribution in [3.8, 4) is 0 Å². The van der Waals surface area contributed by atoms with E-state index in [9.17, 15) is 27.6 Å². The van der Waals surface area contributed by atoms with E-state index in [4.69, 9.17) is 5.11 Å². The Hall–Kier alpha value is -2.84. The number of benzene rings is 1. The van der Waals surface area contributed by atoms with E-state index in [0.29, 0.717) is 0 Å². The molecule has 0 aromatic heterocycles. The summed E-state index contributed by atoms with van der Waals surface area (Å²) in [5.41, 5.74) is -0.793. The number of carboxylic acid groups (broad SMARTS) is 1. The van der Waals surface area contributed by atoms with Crippen molar-refractivity contribution < 1.29 is 37.4 Å². The van der Waals surface area contributed by atoms with E-state index < -0.39 is 42.0 Å². The van der Waals surface area contributed by atoms with Crippen molar-refractivity contribution in [3.05, 3.63) is 47.5 Å². The summed E-state index contributed by atoms with van der Waals surface area (Å²) in [5, 5.41) is 11.3.